The lowest BCUT2D eigenvalue weighted by atomic mass is 9.99. The fraction of sp³-hybridized carbons (Fsp3) is 0.706. The van der Waals surface area contributed by atoms with Crippen LogP contribution in [0.25, 0.3) is 0 Å². The lowest BCUT2D eigenvalue weighted by Crippen LogP contribution is -2.09. The Balaban J connectivity index is 2.29. The molecule has 0 amide bonds. The van der Waals surface area contributed by atoms with E-state index in [1.165, 1.54) is 7.11 Å². The van der Waals surface area contributed by atoms with Gasteiger partial charge in [-0.25, -0.2) is 0 Å². The molecule has 0 radical (unpaired) electrons. The molecular weight excluding hydrogens is 252 g/mol. The van der Waals surface area contributed by atoms with Crippen molar-refractivity contribution in [3.05, 3.63) is 24.3 Å². The van der Waals surface area contributed by atoms with Gasteiger partial charge in [-0.05, 0) is 32.1 Å². The molecule has 0 aromatic carbocycles. The van der Waals surface area contributed by atoms with Crippen LogP contribution < -0.4 is 0 Å². The largest absolute Gasteiger partial charge is 0.469 e. The summed E-state index contributed by atoms with van der Waals surface area (Å²) in [5.74, 6) is -0.244. The summed E-state index contributed by atoms with van der Waals surface area (Å²) in [6, 6.07) is 0. The first kappa shape index (κ1) is 17.0. The van der Waals surface area contributed by atoms with Crippen LogP contribution >= 0.6 is 0 Å². The molecule has 0 heterocycles. The Hall–Kier alpha value is -1.09. The van der Waals surface area contributed by atoms with E-state index in [-0.39, 0.29) is 23.4 Å². The predicted molar refractivity (Wildman–Crippen MR) is 81.4 cm³/mol. The third kappa shape index (κ3) is 4.20. The zero-order chi connectivity index (χ0) is 15.0. The van der Waals surface area contributed by atoms with Gasteiger partial charge in [-0.3, -0.25) is 4.79 Å². The molecule has 114 valence electrons. The van der Waals surface area contributed by atoms with Crippen LogP contribution in [-0.4, -0.2) is 26.3 Å². The van der Waals surface area contributed by atoms with Crippen molar-refractivity contribution < 1.29 is 14.3 Å². The van der Waals surface area contributed by atoms with E-state index in [0.717, 1.165) is 32.1 Å². The minimum Gasteiger partial charge on any atom is -0.469 e. The highest BCUT2D eigenvalue weighted by molar-refractivity contribution is 5.78. The SMILES string of the molecule is CCC=CCCC=CCCC1(C)C(OC)C1C(=O)OC. The van der Waals surface area contributed by atoms with Gasteiger partial charge in [0.05, 0.1) is 19.1 Å². The van der Waals surface area contributed by atoms with Gasteiger partial charge in [0, 0.05) is 12.5 Å². The van der Waals surface area contributed by atoms with Crippen molar-refractivity contribution in [2.24, 2.45) is 11.3 Å². The molecule has 3 heteroatoms. The molecule has 3 nitrogen and oxygen atoms in total. The van der Waals surface area contributed by atoms with E-state index in [2.05, 4.69) is 38.2 Å². The Morgan fingerprint density at radius 2 is 1.70 bits per heavy atom. The number of hydrogen-bond donors (Lipinski definition) is 0. The molecule has 0 aromatic rings. The highest BCUT2D eigenvalue weighted by atomic mass is 16.5. The molecule has 0 aromatic heterocycles. The van der Waals surface area contributed by atoms with Crippen LogP contribution in [0.1, 0.15) is 46.0 Å². The van der Waals surface area contributed by atoms with Gasteiger partial charge in [-0.15, -0.1) is 0 Å². The summed E-state index contributed by atoms with van der Waals surface area (Å²) >= 11 is 0. The van der Waals surface area contributed by atoms with Crippen LogP contribution in [0.4, 0.5) is 0 Å². The number of carbonyl (C=O) groups excluding carboxylic acids is 1. The molecular formula is C17H28O3. The average molecular weight is 280 g/mol. The molecule has 0 bridgehead atoms. The first-order valence-corrected chi connectivity index (χ1v) is 7.52. The Labute approximate surface area is 123 Å². The quantitative estimate of drug-likeness (QED) is 0.365. The lowest BCUT2D eigenvalue weighted by Gasteiger charge is -2.08. The van der Waals surface area contributed by atoms with Crippen molar-refractivity contribution in [2.75, 3.05) is 14.2 Å². The van der Waals surface area contributed by atoms with Gasteiger partial charge < -0.3 is 9.47 Å². The Morgan fingerprint density at radius 3 is 2.25 bits per heavy atom. The first-order valence-electron chi connectivity index (χ1n) is 7.52. The minimum atomic E-state index is -0.145. The zero-order valence-corrected chi connectivity index (χ0v) is 13.2. The van der Waals surface area contributed by atoms with E-state index >= 15 is 0 Å². The van der Waals surface area contributed by atoms with E-state index in [9.17, 15) is 4.79 Å². The second kappa shape index (κ2) is 8.25. The van der Waals surface area contributed by atoms with E-state index in [4.69, 9.17) is 9.47 Å². The van der Waals surface area contributed by atoms with Gasteiger partial charge in [0.15, 0.2) is 0 Å². The highest BCUT2D eigenvalue weighted by Crippen LogP contribution is 2.57. The molecule has 20 heavy (non-hydrogen) atoms. The molecule has 1 saturated carbocycles. The topological polar surface area (TPSA) is 35.5 Å². The second-order valence-electron chi connectivity index (χ2n) is 5.63. The van der Waals surface area contributed by atoms with Crippen molar-refractivity contribution in [1.29, 1.82) is 0 Å². The summed E-state index contributed by atoms with van der Waals surface area (Å²) in [6.45, 7) is 4.26. The van der Waals surface area contributed by atoms with E-state index in [1.807, 2.05) is 0 Å². The maximum absolute atomic E-state index is 11.7. The van der Waals surface area contributed by atoms with Crippen molar-refractivity contribution in [3.63, 3.8) is 0 Å². The van der Waals surface area contributed by atoms with Crippen LogP contribution in [0.2, 0.25) is 0 Å². The lowest BCUT2D eigenvalue weighted by molar-refractivity contribution is -0.143. The number of carbonyl (C=O) groups is 1. The summed E-state index contributed by atoms with van der Waals surface area (Å²) in [5, 5.41) is 0. The second-order valence-corrected chi connectivity index (χ2v) is 5.63. The van der Waals surface area contributed by atoms with Gasteiger partial charge in [-0.2, -0.15) is 0 Å². The molecule has 1 fully saturated rings. The fourth-order valence-corrected chi connectivity index (χ4v) is 2.85. The molecule has 3 atom stereocenters. The highest BCUT2D eigenvalue weighted by Gasteiger charge is 2.65. The number of methoxy groups -OCH3 is 2. The van der Waals surface area contributed by atoms with Gasteiger partial charge >= 0.3 is 5.97 Å². The summed E-state index contributed by atoms with van der Waals surface area (Å²) in [6.07, 6.45) is 14.1. The molecule has 0 spiro atoms. The Bertz CT molecular complexity index is 359. The van der Waals surface area contributed by atoms with Crippen molar-refractivity contribution in [3.8, 4) is 0 Å². The third-order valence-corrected chi connectivity index (χ3v) is 4.18. The minimum absolute atomic E-state index is 0.0100. The van der Waals surface area contributed by atoms with Crippen molar-refractivity contribution >= 4 is 5.97 Å². The summed E-state index contributed by atoms with van der Waals surface area (Å²) < 4.78 is 10.2. The summed E-state index contributed by atoms with van der Waals surface area (Å²) in [5.41, 5.74) is -0.0612. The number of hydrogen-bond acceptors (Lipinski definition) is 3. The normalized spacial score (nSPS) is 29.2. The molecule has 1 aliphatic carbocycles. The summed E-state index contributed by atoms with van der Waals surface area (Å²) in [4.78, 5) is 11.7. The molecule has 0 aliphatic heterocycles. The van der Waals surface area contributed by atoms with Crippen LogP contribution in [0, 0.1) is 11.3 Å². The molecule has 1 aliphatic rings. The Morgan fingerprint density at radius 1 is 1.10 bits per heavy atom. The van der Waals surface area contributed by atoms with Crippen LogP contribution in [-0.2, 0) is 14.3 Å². The number of esters is 1. The number of unbranched alkanes of at least 4 members (excludes halogenated alkanes) is 1. The van der Waals surface area contributed by atoms with E-state index < -0.39 is 0 Å². The molecule has 3 unspecified atom stereocenters. The third-order valence-electron chi connectivity index (χ3n) is 4.18. The van der Waals surface area contributed by atoms with Gasteiger partial charge in [0.1, 0.15) is 0 Å². The predicted octanol–water partition coefficient (Wildman–Crippen LogP) is 3.89. The standard InChI is InChI=1S/C17H28O3/c1-5-6-7-8-9-10-11-12-13-17(2)14(15(17)19-3)16(18)20-4/h6-7,10-11,14-15H,5,8-9,12-13H2,1-4H3. The van der Waals surface area contributed by atoms with Crippen LogP contribution in [0.3, 0.4) is 0 Å². The molecule has 0 N–H and O–H groups in total. The average Bonchev–Trinajstić information content (AvgIpc) is 3.06. The first-order chi connectivity index (χ1) is 9.61. The maximum atomic E-state index is 11.7. The Kier molecular flexibility index (Phi) is 7.00. The number of allylic oxidation sites excluding steroid dienone is 4. The van der Waals surface area contributed by atoms with Crippen molar-refractivity contribution in [2.45, 2.75) is 52.1 Å². The molecule has 0 saturated heterocycles. The monoisotopic (exact) mass is 280 g/mol. The molecule has 1 rings (SSSR count). The fourth-order valence-electron chi connectivity index (χ4n) is 2.85. The van der Waals surface area contributed by atoms with Crippen LogP contribution in [0.15, 0.2) is 24.3 Å². The smallest absolute Gasteiger partial charge is 0.311 e. The van der Waals surface area contributed by atoms with Crippen LogP contribution in [0.5, 0.6) is 0 Å². The summed E-state index contributed by atoms with van der Waals surface area (Å²) in [7, 11) is 3.11. The van der Waals surface area contributed by atoms with Gasteiger partial charge in [0.2, 0.25) is 0 Å². The maximum Gasteiger partial charge on any atom is 0.311 e. The van der Waals surface area contributed by atoms with E-state index in [1.54, 1.807) is 7.11 Å². The zero-order valence-electron chi connectivity index (χ0n) is 13.2. The van der Waals surface area contributed by atoms with E-state index in [0.29, 0.717) is 0 Å². The number of rotatable bonds is 9. The van der Waals surface area contributed by atoms with Gasteiger partial charge in [-0.1, -0.05) is 38.2 Å². The van der Waals surface area contributed by atoms with Crippen molar-refractivity contribution in [1.82, 2.24) is 0 Å². The van der Waals surface area contributed by atoms with Gasteiger partial charge in [0.25, 0.3) is 0 Å². The number of ether oxygens (including phenoxy) is 2.